The zero-order valence-corrected chi connectivity index (χ0v) is 10.7. The van der Waals surface area contributed by atoms with Gasteiger partial charge in [0.2, 0.25) is 0 Å². The molecule has 0 aliphatic heterocycles. The van der Waals surface area contributed by atoms with Gasteiger partial charge in [0.1, 0.15) is 11.3 Å². The summed E-state index contributed by atoms with van der Waals surface area (Å²) in [5.74, 6) is -2.45. The molecule has 1 aromatic carbocycles. The second-order valence-electron chi connectivity index (χ2n) is 3.49. The van der Waals surface area contributed by atoms with Crippen LogP contribution >= 0.6 is 15.9 Å². The lowest BCUT2D eigenvalue weighted by Crippen LogP contribution is -2.07. The predicted molar refractivity (Wildman–Crippen MR) is 64.8 cm³/mol. The molecule has 1 N–H and O–H groups in total. The van der Waals surface area contributed by atoms with Crippen molar-refractivity contribution in [1.29, 1.82) is 0 Å². The zero-order chi connectivity index (χ0) is 14.2. The lowest BCUT2D eigenvalue weighted by atomic mass is 10.1. The van der Waals surface area contributed by atoms with Crippen molar-refractivity contribution in [3.63, 3.8) is 0 Å². The molecule has 0 saturated carbocycles. The molecule has 0 aliphatic rings. The Labute approximate surface area is 113 Å². The van der Waals surface area contributed by atoms with Gasteiger partial charge in [-0.05, 0) is 22.0 Å². The summed E-state index contributed by atoms with van der Waals surface area (Å²) in [5.41, 5.74) is -1.60. The number of hydrogen-bond donors (Lipinski definition) is 1. The number of carbonyl (C=O) groups is 1. The van der Waals surface area contributed by atoms with E-state index in [2.05, 4.69) is 21.0 Å². The van der Waals surface area contributed by atoms with E-state index in [1.54, 1.807) is 0 Å². The van der Waals surface area contributed by atoms with Crippen LogP contribution in [0, 0.1) is 15.9 Å². The summed E-state index contributed by atoms with van der Waals surface area (Å²) in [4.78, 5) is 20.7. The maximum absolute atomic E-state index is 13.8. The number of benzene rings is 1. The third-order valence-corrected chi connectivity index (χ3v) is 2.70. The van der Waals surface area contributed by atoms with E-state index in [1.807, 2.05) is 0 Å². The molecule has 98 valence electrons. The normalized spacial score (nSPS) is 10.4. The Bertz CT molecular complexity index is 685. The van der Waals surface area contributed by atoms with Crippen molar-refractivity contribution in [1.82, 2.24) is 9.78 Å². The Morgan fingerprint density at radius 2 is 2.21 bits per heavy atom. The van der Waals surface area contributed by atoms with Crippen LogP contribution in [-0.4, -0.2) is 25.8 Å². The monoisotopic (exact) mass is 329 g/mol. The van der Waals surface area contributed by atoms with Gasteiger partial charge in [0.25, 0.3) is 5.69 Å². The van der Waals surface area contributed by atoms with Gasteiger partial charge in [0, 0.05) is 6.20 Å². The molecule has 0 fully saturated rings. The van der Waals surface area contributed by atoms with E-state index in [0.717, 1.165) is 10.7 Å². The first-order chi connectivity index (χ1) is 8.90. The Hall–Kier alpha value is -2.29. The first-order valence-corrected chi connectivity index (χ1v) is 5.61. The molecule has 0 atom stereocenters. The third kappa shape index (κ3) is 2.45. The lowest BCUT2D eigenvalue weighted by molar-refractivity contribution is -0.385. The first-order valence-electron chi connectivity index (χ1n) is 4.82. The van der Waals surface area contributed by atoms with Crippen molar-refractivity contribution in [2.24, 2.45) is 0 Å². The number of nitro groups is 1. The minimum absolute atomic E-state index is 0.186. The SMILES string of the molecule is O=C(O)c1cc(-n2cc(Br)cn2)c(F)cc1[N+](=O)[O-]. The van der Waals surface area contributed by atoms with Gasteiger partial charge in [0.15, 0.2) is 5.82 Å². The number of nitrogens with zero attached hydrogens (tertiary/aromatic N) is 3. The molecular weight excluding hydrogens is 325 g/mol. The van der Waals surface area contributed by atoms with Crippen LogP contribution in [0.5, 0.6) is 0 Å². The molecular formula is C10H5BrFN3O4. The van der Waals surface area contributed by atoms with E-state index in [4.69, 9.17) is 5.11 Å². The number of aromatic nitrogens is 2. The van der Waals surface area contributed by atoms with Crippen LogP contribution in [-0.2, 0) is 0 Å². The average Bonchev–Trinajstić information content (AvgIpc) is 2.74. The molecule has 7 nitrogen and oxygen atoms in total. The molecule has 0 bridgehead atoms. The fourth-order valence-corrected chi connectivity index (χ4v) is 1.77. The highest BCUT2D eigenvalue weighted by Crippen LogP contribution is 2.25. The average molecular weight is 330 g/mol. The van der Waals surface area contributed by atoms with E-state index in [1.165, 1.54) is 12.4 Å². The summed E-state index contributed by atoms with van der Waals surface area (Å²) >= 11 is 3.11. The van der Waals surface area contributed by atoms with Gasteiger partial charge in [-0.15, -0.1) is 0 Å². The van der Waals surface area contributed by atoms with E-state index in [0.29, 0.717) is 10.5 Å². The molecule has 9 heteroatoms. The van der Waals surface area contributed by atoms with E-state index in [9.17, 15) is 19.3 Å². The molecule has 1 aromatic heterocycles. The molecule has 0 spiro atoms. The van der Waals surface area contributed by atoms with E-state index >= 15 is 0 Å². The number of nitro benzene ring substituents is 1. The van der Waals surface area contributed by atoms with Crippen molar-refractivity contribution in [2.75, 3.05) is 0 Å². The van der Waals surface area contributed by atoms with Crippen molar-refractivity contribution >= 4 is 27.6 Å². The van der Waals surface area contributed by atoms with Gasteiger partial charge in [-0.3, -0.25) is 10.1 Å². The number of hydrogen-bond acceptors (Lipinski definition) is 4. The second-order valence-corrected chi connectivity index (χ2v) is 4.40. The highest BCUT2D eigenvalue weighted by atomic mass is 79.9. The largest absolute Gasteiger partial charge is 0.477 e. The quantitative estimate of drug-likeness (QED) is 0.688. The maximum atomic E-state index is 13.8. The Balaban J connectivity index is 2.67. The highest BCUT2D eigenvalue weighted by Gasteiger charge is 2.24. The fourth-order valence-electron chi connectivity index (χ4n) is 1.48. The first kappa shape index (κ1) is 13.1. The van der Waals surface area contributed by atoms with Crippen LogP contribution in [0.1, 0.15) is 10.4 Å². The van der Waals surface area contributed by atoms with Gasteiger partial charge in [0.05, 0.1) is 21.7 Å². The van der Waals surface area contributed by atoms with Crippen LogP contribution in [0.4, 0.5) is 10.1 Å². The smallest absolute Gasteiger partial charge is 0.342 e. The van der Waals surface area contributed by atoms with Gasteiger partial charge in [-0.25, -0.2) is 13.9 Å². The van der Waals surface area contributed by atoms with Crippen LogP contribution in [0.15, 0.2) is 29.0 Å². The van der Waals surface area contributed by atoms with E-state index in [-0.39, 0.29) is 5.69 Å². The number of carboxylic acids is 1. The topological polar surface area (TPSA) is 98.3 Å². The lowest BCUT2D eigenvalue weighted by Gasteiger charge is -2.05. The summed E-state index contributed by atoms with van der Waals surface area (Å²) in [6, 6.07) is 1.43. The van der Waals surface area contributed by atoms with Crippen molar-refractivity contribution in [2.45, 2.75) is 0 Å². The van der Waals surface area contributed by atoms with Crippen LogP contribution < -0.4 is 0 Å². The van der Waals surface area contributed by atoms with Crippen molar-refractivity contribution in [3.05, 3.63) is 50.5 Å². The second kappa shape index (κ2) is 4.76. The van der Waals surface area contributed by atoms with Gasteiger partial charge in [-0.1, -0.05) is 0 Å². The molecule has 0 saturated heterocycles. The van der Waals surface area contributed by atoms with Crippen LogP contribution in [0.2, 0.25) is 0 Å². The molecule has 0 unspecified atom stereocenters. The molecule has 0 aliphatic carbocycles. The Morgan fingerprint density at radius 3 is 2.68 bits per heavy atom. The van der Waals surface area contributed by atoms with E-state index < -0.39 is 28.0 Å². The maximum Gasteiger partial charge on any atom is 0.342 e. The van der Waals surface area contributed by atoms with Gasteiger partial charge < -0.3 is 5.11 Å². The summed E-state index contributed by atoms with van der Waals surface area (Å²) in [6.07, 6.45) is 2.77. The summed E-state index contributed by atoms with van der Waals surface area (Å²) in [5, 5.41) is 23.4. The predicted octanol–water partition coefficient (Wildman–Crippen LogP) is 2.38. The van der Waals surface area contributed by atoms with Gasteiger partial charge in [-0.2, -0.15) is 5.10 Å². The standard InChI is InChI=1S/C10H5BrFN3O4/c11-5-3-13-14(4-5)9-1-6(10(16)17)8(15(18)19)2-7(9)12/h1-4H,(H,16,17). The molecule has 19 heavy (non-hydrogen) atoms. The minimum atomic E-state index is -1.51. The fraction of sp³-hybridized carbons (Fsp3) is 0. The van der Waals surface area contributed by atoms with Crippen molar-refractivity contribution in [3.8, 4) is 5.69 Å². The number of carboxylic acid groups (broad SMARTS) is 1. The molecule has 2 aromatic rings. The molecule has 0 radical (unpaired) electrons. The highest BCUT2D eigenvalue weighted by molar-refractivity contribution is 9.10. The minimum Gasteiger partial charge on any atom is -0.477 e. The molecule has 2 rings (SSSR count). The number of aromatic carboxylic acids is 1. The Morgan fingerprint density at radius 1 is 1.53 bits per heavy atom. The van der Waals surface area contributed by atoms with Crippen LogP contribution in [0.25, 0.3) is 5.69 Å². The van der Waals surface area contributed by atoms with Gasteiger partial charge >= 0.3 is 5.97 Å². The van der Waals surface area contributed by atoms with Crippen LogP contribution in [0.3, 0.4) is 0 Å². The molecule has 0 amide bonds. The zero-order valence-electron chi connectivity index (χ0n) is 9.08. The number of rotatable bonds is 3. The summed E-state index contributed by atoms with van der Waals surface area (Å²) in [7, 11) is 0. The van der Waals surface area contributed by atoms with Crippen molar-refractivity contribution < 1.29 is 19.2 Å². The molecule has 1 heterocycles. The Kier molecular flexibility index (Phi) is 3.30. The number of halogens is 2. The third-order valence-electron chi connectivity index (χ3n) is 2.29. The summed E-state index contributed by atoms with van der Waals surface area (Å²) < 4.78 is 15.4. The summed E-state index contributed by atoms with van der Waals surface area (Å²) in [6.45, 7) is 0.